The Labute approximate surface area is 113 Å². The molecule has 2 unspecified atom stereocenters. The quantitative estimate of drug-likeness (QED) is 0.900. The minimum atomic E-state index is -1.03. The maximum Gasteiger partial charge on any atom is 0.323 e. The predicted octanol–water partition coefficient (Wildman–Crippen LogP) is 2.88. The molecule has 0 saturated heterocycles. The summed E-state index contributed by atoms with van der Waals surface area (Å²) in [7, 11) is 0. The second-order valence-electron chi connectivity index (χ2n) is 4.37. The number of benzene rings is 1. The standard InChI is InChI=1S/C12H14BrNO2S/c13-9-3-1-2-4-10(9)17-8-5-6-12(14,7-8)11(15)16/h1-4,8H,5-7,14H2,(H,15,16). The molecule has 3 N–H and O–H groups in total. The third-order valence-electron chi connectivity index (χ3n) is 3.06. The van der Waals surface area contributed by atoms with Gasteiger partial charge >= 0.3 is 5.97 Å². The molecule has 1 fully saturated rings. The SMILES string of the molecule is NC1(C(=O)O)CCC(Sc2ccccc2Br)C1. The molecule has 0 heterocycles. The number of aliphatic carboxylic acids is 1. The van der Waals surface area contributed by atoms with E-state index in [0.717, 1.165) is 15.8 Å². The minimum Gasteiger partial charge on any atom is -0.480 e. The summed E-state index contributed by atoms with van der Waals surface area (Å²) < 4.78 is 1.05. The van der Waals surface area contributed by atoms with Gasteiger partial charge in [-0.15, -0.1) is 11.8 Å². The van der Waals surface area contributed by atoms with Crippen molar-refractivity contribution >= 4 is 33.7 Å². The number of hydrogen-bond donors (Lipinski definition) is 2. The van der Waals surface area contributed by atoms with Gasteiger partial charge < -0.3 is 10.8 Å². The van der Waals surface area contributed by atoms with Crippen LogP contribution in [0.3, 0.4) is 0 Å². The number of rotatable bonds is 3. The number of carboxylic acids is 1. The van der Waals surface area contributed by atoms with E-state index in [2.05, 4.69) is 15.9 Å². The largest absolute Gasteiger partial charge is 0.480 e. The molecular formula is C12H14BrNO2S. The average molecular weight is 316 g/mol. The van der Waals surface area contributed by atoms with Gasteiger partial charge in [0.2, 0.25) is 0 Å². The first-order valence-electron chi connectivity index (χ1n) is 5.45. The average Bonchev–Trinajstić information content (AvgIpc) is 2.65. The van der Waals surface area contributed by atoms with Crippen LogP contribution >= 0.6 is 27.7 Å². The molecule has 2 rings (SSSR count). The lowest BCUT2D eigenvalue weighted by molar-refractivity contribution is -0.143. The summed E-state index contributed by atoms with van der Waals surface area (Å²) in [4.78, 5) is 12.2. The molecule has 0 spiro atoms. The molecule has 0 aromatic heterocycles. The third kappa shape index (κ3) is 2.84. The Bertz CT molecular complexity index is 440. The van der Waals surface area contributed by atoms with Gasteiger partial charge in [-0.25, -0.2) is 0 Å². The molecule has 0 bridgehead atoms. The van der Waals surface area contributed by atoms with Crippen molar-refractivity contribution in [2.75, 3.05) is 0 Å². The van der Waals surface area contributed by atoms with E-state index in [0.29, 0.717) is 12.8 Å². The van der Waals surface area contributed by atoms with Crippen molar-refractivity contribution in [3.8, 4) is 0 Å². The number of carbonyl (C=O) groups is 1. The van der Waals surface area contributed by atoms with Gasteiger partial charge in [0.25, 0.3) is 0 Å². The fraction of sp³-hybridized carbons (Fsp3) is 0.417. The van der Waals surface area contributed by atoms with E-state index in [1.165, 1.54) is 0 Å². The summed E-state index contributed by atoms with van der Waals surface area (Å²) in [5.41, 5.74) is 4.83. The van der Waals surface area contributed by atoms with Gasteiger partial charge in [-0.3, -0.25) is 4.79 Å². The van der Waals surface area contributed by atoms with Crippen LogP contribution in [-0.4, -0.2) is 21.9 Å². The van der Waals surface area contributed by atoms with E-state index in [1.54, 1.807) is 11.8 Å². The molecule has 2 atom stereocenters. The van der Waals surface area contributed by atoms with Crippen LogP contribution in [0, 0.1) is 0 Å². The van der Waals surface area contributed by atoms with Crippen molar-refractivity contribution in [2.45, 2.75) is 34.9 Å². The molecule has 0 radical (unpaired) electrons. The lowest BCUT2D eigenvalue weighted by Crippen LogP contribution is -2.45. The van der Waals surface area contributed by atoms with Crippen LogP contribution < -0.4 is 5.73 Å². The van der Waals surface area contributed by atoms with Crippen LogP contribution in [0.2, 0.25) is 0 Å². The molecule has 1 saturated carbocycles. The lowest BCUT2D eigenvalue weighted by Gasteiger charge is -2.18. The lowest BCUT2D eigenvalue weighted by atomic mass is 10.0. The normalized spacial score (nSPS) is 28.2. The molecule has 1 aromatic rings. The van der Waals surface area contributed by atoms with Crippen LogP contribution in [-0.2, 0) is 4.79 Å². The van der Waals surface area contributed by atoms with Crippen molar-refractivity contribution in [3.63, 3.8) is 0 Å². The molecule has 1 aliphatic carbocycles. The van der Waals surface area contributed by atoms with Crippen LogP contribution in [0.4, 0.5) is 0 Å². The van der Waals surface area contributed by atoms with Crippen LogP contribution in [0.1, 0.15) is 19.3 Å². The topological polar surface area (TPSA) is 63.3 Å². The molecule has 17 heavy (non-hydrogen) atoms. The van der Waals surface area contributed by atoms with Crippen LogP contribution in [0.15, 0.2) is 33.6 Å². The molecule has 1 aliphatic rings. The van der Waals surface area contributed by atoms with E-state index in [-0.39, 0.29) is 5.25 Å². The van der Waals surface area contributed by atoms with E-state index >= 15 is 0 Å². The van der Waals surface area contributed by atoms with Gasteiger partial charge in [0.05, 0.1) is 0 Å². The molecular weight excluding hydrogens is 302 g/mol. The Hall–Kier alpha value is -0.520. The van der Waals surface area contributed by atoms with Gasteiger partial charge in [0, 0.05) is 14.6 Å². The van der Waals surface area contributed by atoms with E-state index in [9.17, 15) is 4.79 Å². The van der Waals surface area contributed by atoms with Crippen molar-refractivity contribution in [1.82, 2.24) is 0 Å². The summed E-state index contributed by atoms with van der Waals surface area (Å²) in [6.45, 7) is 0. The maximum absolute atomic E-state index is 11.0. The number of halogens is 1. The predicted molar refractivity (Wildman–Crippen MR) is 72.2 cm³/mol. The Balaban J connectivity index is 2.04. The highest BCUT2D eigenvalue weighted by Crippen LogP contribution is 2.41. The molecule has 0 aliphatic heterocycles. The van der Waals surface area contributed by atoms with Crippen LogP contribution in [0.5, 0.6) is 0 Å². The first kappa shape index (κ1) is 12.9. The van der Waals surface area contributed by atoms with Gasteiger partial charge in [0.1, 0.15) is 5.54 Å². The monoisotopic (exact) mass is 315 g/mol. The Morgan fingerprint density at radius 2 is 2.24 bits per heavy atom. The smallest absolute Gasteiger partial charge is 0.323 e. The van der Waals surface area contributed by atoms with E-state index in [1.807, 2.05) is 24.3 Å². The van der Waals surface area contributed by atoms with Crippen molar-refractivity contribution in [3.05, 3.63) is 28.7 Å². The van der Waals surface area contributed by atoms with Crippen molar-refractivity contribution < 1.29 is 9.90 Å². The van der Waals surface area contributed by atoms with E-state index < -0.39 is 11.5 Å². The van der Waals surface area contributed by atoms with Crippen molar-refractivity contribution in [1.29, 1.82) is 0 Å². The molecule has 0 amide bonds. The highest BCUT2D eigenvalue weighted by molar-refractivity contribution is 9.10. The molecule has 92 valence electrons. The van der Waals surface area contributed by atoms with E-state index in [4.69, 9.17) is 10.8 Å². The molecule has 1 aromatic carbocycles. The second kappa shape index (κ2) is 5.00. The highest BCUT2D eigenvalue weighted by atomic mass is 79.9. The fourth-order valence-corrected chi connectivity index (χ4v) is 3.92. The molecule has 3 nitrogen and oxygen atoms in total. The Morgan fingerprint density at radius 1 is 1.53 bits per heavy atom. The summed E-state index contributed by atoms with van der Waals surface area (Å²) in [5.74, 6) is -0.882. The van der Waals surface area contributed by atoms with Crippen molar-refractivity contribution in [2.24, 2.45) is 5.73 Å². The zero-order valence-corrected chi connectivity index (χ0v) is 11.6. The first-order valence-corrected chi connectivity index (χ1v) is 7.12. The second-order valence-corrected chi connectivity index (χ2v) is 6.57. The number of hydrogen-bond acceptors (Lipinski definition) is 3. The zero-order valence-electron chi connectivity index (χ0n) is 9.23. The fourth-order valence-electron chi connectivity index (χ4n) is 2.04. The summed E-state index contributed by atoms with van der Waals surface area (Å²) in [5, 5.41) is 9.35. The van der Waals surface area contributed by atoms with Gasteiger partial charge in [-0.05, 0) is 47.3 Å². The minimum absolute atomic E-state index is 0.287. The first-order chi connectivity index (χ1) is 8.01. The number of nitrogens with two attached hydrogens (primary N) is 1. The number of carboxylic acid groups (broad SMARTS) is 1. The van der Waals surface area contributed by atoms with Gasteiger partial charge in [0.15, 0.2) is 0 Å². The van der Waals surface area contributed by atoms with Gasteiger partial charge in [-0.2, -0.15) is 0 Å². The van der Waals surface area contributed by atoms with Crippen LogP contribution in [0.25, 0.3) is 0 Å². The summed E-state index contributed by atoms with van der Waals surface area (Å²) in [6, 6.07) is 7.97. The zero-order chi connectivity index (χ0) is 12.5. The molecule has 5 heteroatoms. The summed E-state index contributed by atoms with van der Waals surface area (Å²) >= 11 is 5.20. The van der Waals surface area contributed by atoms with Gasteiger partial charge in [-0.1, -0.05) is 12.1 Å². The number of thioether (sulfide) groups is 1. The Morgan fingerprint density at radius 3 is 2.82 bits per heavy atom. The Kier molecular flexibility index (Phi) is 3.80. The summed E-state index contributed by atoms with van der Waals surface area (Å²) in [6.07, 6.45) is 1.95. The highest BCUT2D eigenvalue weighted by Gasteiger charge is 2.42. The third-order valence-corrected chi connectivity index (χ3v) is 5.36. The maximum atomic E-state index is 11.0.